The summed E-state index contributed by atoms with van der Waals surface area (Å²) in [5.41, 5.74) is 7.81. The molecule has 19 heavy (non-hydrogen) atoms. The van der Waals surface area contributed by atoms with Crippen LogP contribution in [0.2, 0.25) is 0 Å². The Labute approximate surface area is 112 Å². The van der Waals surface area contributed by atoms with Gasteiger partial charge in [-0.3, -0.25) is 10.1 Å². The zero-order chi connectivity index (χ0) is 14.3. The highest BCUT2D eigenvalue weighted by Crippen LogP contribution is 2.06. The van der Waals surface area contributed by atoms with E-state index in [1.165, 1.54) is 0 Å². The lowest BCUT2D eigenvalue weighted by molar-refractivity contribution is -0.496. The Balaban J connectivity index is 2.97. The van der Waals surface area contributed by atoms with Crippen LogP contribution in [0.1, 0.15) is 11.1 Å². The SMILES string of the molecule is C=C/C(C#Cc1cccc(C[N+](=O)[O-])c1)=C\C(=C)N. The largest absolute Gasteiger partial charge is 0.399 e. The van der Waals surface area contributed by atoms with Crippen LogP contribution in [0.25, 0.3) is 0 Å². The van der Waals surface area contributed by atoms with Gasteiger partial charge in [-0.1, -0.05) is 43.2 Å². The van der Waals surface area contributed by atoms with E-state index in [1.54, 1.807) is 36.4 Å². The molecule has 0 aliphatic heterocycles. The van der Waals surface area contributed by atoms with Crippen molar-refractivity contribution in [2.45, 2.75) is 6.54 Å². The number of hydrogen-bond acceptors (Lipinski definition) is 3. The Kier molecular flexibility index (Phi) is 5.12. The predicted molar refractivity (Wildman–Crippen MR) is 75.6 cm³/mol. The third-order valence-corrected chi connectivity index (χ3v) is 2.15. The third-order valence-electron chi connectivity index (χ3n) is 2.15. The first-order chi connectivity index (χ1) is 9.01. The van der Waals surface area contributed by atoms with E-state index >= 15 is 0 Å². The van der Waals surface area contributed by atoms with Gasteiger partial charge in [0.05, 0.1) is 0 Å². The van der Waals surface area contributed by atoms with E-state index in [2.05, 4.69) is 25.0 Å². The van der Waals surface area contributed by atoms with Crippen molar-refractivity contribution in [2.75, 3.05) is 0 Å². The van der Waals surface area contributed by atoms with Crippen LogP contribution in [0.15, 0.2) is 60.8 Å². The quantitative estimate of drug-likeness (QED) is 0.388. The van der Waals surface area contributed by atoms with E-state index in [9.17, 15) is 10.1 Å². The van der Waals surface area contributed by atoms with Crippen LogP contribution in [0, 0.1) is 22.0 Å². The Morgan fingerprint density at radius 2 is 2.26 bits per heavy atom. The van der Waals surface area contributed by atoms with Crippen LogP contribution in [-0.2, 0) is 6.54 Å². The molecule has 96 valence electrons. The molecule has 0 aliphatic rings. The summed E-state index contributed by atoms with van der Waals surface area (Å²) in [6.45, 7) is 6.97. The second-order valence-corrected chi connectivity index (χ2v) is 3.82. The van der Waals surface area contributed by atoms with Crippen molar-refractivity contribution in [2.24, 2.45) is 5.73 Å². The molecule has 0 aliphatic carbocycles. The molecule has 2 N–H and O–H groups in total. The lowest BCUT2D eigenvalue weighted by Crippen LogP contribution is -1.97. The van der Waals surface area contributed by atoms with E-state index in [-0.39, 0.29) is 11.5 Å². The molecule has 1 aromatic rings. The molecule has 4 nitrogen and oxygen atoms in total. The normalized spacial score (nSPS) is 10.2. The maximum absolute atomic E-state index is 10.4. The van der Waals surface area contributed by atoms with Crippen LogP contribution >= 0.6 is 0 Å². The first-order valence-corrected chi connectivity index (χ1v) is 5.52. The fraction of sp³-hybridized carbons (Fsp3) is 0.0667. The number of hydrogen-bond donors (Lipinski definition) is 1. The summed E-state index contributed by atoms with van der Waals surface area (Å²) in [5, 5.41) is 10.4. The van der Waals surface area contributed by atoms with Gasteiger partial charge in [0.15, 0.2) is 0 Å². The standard InChI is InChI=1S/C15H14N2O2/c1-3-13(9-12(2)16)7-8-14-5-4-6-15(10-14)11-17(18)19/h3-6,9-10H,1-2,11,16H2/b13-9+. The summed E-state index contributed by atoms with van der Waals surface area (Å²) >= 11 is 0. The van der Waals surface area contributed by atoms with E-state index in [4.69, 9.17) is 5.73 Å². The van der Waals surface area contributed by atoms with Crippen LogP contribution in [0.5, 0.6) is 0 Å². The molecular formula is C15H14N2O2. The molecule has 0 atom stereocenters. The number of nitrogens with zero attached hydrogens (tertiary/aromatic N) is 1. The number of allylic oxidation sites excluding steroid dienone is 3. The molecule has 4 heteroatoms. The molecule has 0 bridgehead atoms. The highest BCUT2D eigenvalue weighted by Gasteiger charge is 2.00. The topological polar surface area (TPSA) is 69.2 Å². The lowest BCUT2D eigenvalue weighted by Gasteiger charge is -1.96. The molecule has 1 aromatic carbocycles. The van der Waals surface area contributed by atoms with Crippen LogP contribution in [-0.4, -0.2) is 4.92 Å². The number of nitrogens with two attached hydrogens (primary N) is 1. The maximum atomic E-state index is 10.4. The molecule has 0 radical (unpaired) electrons. The smallest absolute Gasteiger partial charge is 0.228 e. The fourth-order valence-electron chi connectivity index (χ4n) is 1.39. The minimum Gasteiger partial charge on any atom is -0.399 e. The van der Waals surface area contributed by atoms with Crippen molar-refractivity contribution >= 4 is 0 Å². The maximum Gasteiger partial charge on any atom is 0.228 e. The van der Waals surface area contributed by atoms with Gasteiger partial charge in [-0.15, -0.1) is 0 Å². The van der Waals surface area contributed by atoms with Crippen molar-refractivity contribution in [3.8, 4) is 11.8 Å². The Hall–Kier alpha value is -2.80. The summed E-state index contributed by atoms with van der Waals surface area (Å²) < 4.78 is 0. The van der Waals surface area contributed by atoms with Gasteiger partial charge in [0.2, 0.25) is 6.54 Å². The highest BCUT2D eigenvalue weighted by molar-refractivity contribution is 5.47. The molecule has 0 saturated heterocycles. The lowest BCUT2D eigenvalue weighted by atomic mass is 10.1. The third kappa shape index (κ3) is 5.37. The van der Waals surface area contributed by atoms with Crippen molar-refractivity contribution in [1.82, 2.24) is 0 Å². The second-order valence-electron chi connectivity index (χ2n) is 3.82. The first-order valence-electron chi connectivity index (χ1n) is 5.52. The molecule has 0 unspecified atom stereocenters. The zero-order valence-electron chi connectivity index (χ0n) is 10.4. The summed E-state index contributed by atoms with van der Waals surface area (Å²) in [6, 6.07) is 6.91. The fourth-order valence-corrected chi connectivity index (χ4v) is 1.39. The number of nitro groups is 1. The molecule has 1 rings (SSSR count). The Bertz CT molecular complexity index is 604. The number of benzene rings is 1. The van der Waals surface area contributed by atoms with Crippen LogP contribution in [0.3, 0.4) is 0 Å². The van der Waals surface area contributed by atoms with Crippen molar-refractivity contribution < 1.29 is 4.92 Å². The van der Waals surface area contributed by atoms with Crippen LogP contribution in [0.4, 0.5) is 0 Å². The van der Waals surface area contributed by atoms with Crippen molar-refractivity contribution in [3.05, 3.63) is 82.1 Å². The summed E-state index contributed by atoms with van der Waals surface area (Å²) in [5.74, 6) is 5.79. The Morgan fingerprint density at radius 1 is 1.53 bits per heavy atom. The van der Waals surface area contributed by atoms with E-state index < -0.39 is 0 Å². The van der Waals surface area contributed by atoms with Gasteiger partial charge in [-0.25, -0.2) is 0 Å². The van der Waals surface area contributed by atoms with Gasteiger partial charge >= 0.3 is 0 Å². The van der Waals surface area contributed by atoms with Gasteiger partial charge in [-0.05, 0) is 18.2 Å². The zero-order valence-corrected chi connectivity index (χ0v) is 10.4. The second kappa shape index (κ2) is 6.82. The average Bonchev–Trinajstić information content (AvgIpc) is 2.33. The molecule has 0 aromatic heterocycles. The van der Waals surface area contributed by atoms with Gasteiger partial charge in [0.25, 0.3) is 0 Å². The van der Waals surface area contributed by atoms with Gasteiger partial charge < -0.3 is 5.73 Å². The summed E-state index contributed by atoms with van der Waals surface area (Å²) in [7, 11) is 0. The monoisotopic (exact) mass is 254 g/mol. The predicted octanol–water partition coefficient (Wildman–Crippen LogP) is 2.40. The molecular weight excluding hydrogens is 240 g/mol. The summed E-state index contributed by atoms with van der Waals surface area (Å²) in [4.78, 5) is 10.1. The molecule has 0 spiro atoms. The van der Waals surface area contributed by atoms with Crippen molar-refractivity contribution in [1.29, 1.82) is 0 Å². The molecule has 0 fully saturated rings. The van der Waals surface area contributed by atoms with Gasteiger partial charge in [0.1, 0.15) is 0 Å². The highest BCUT2D eigenvalue weighted by atomic mass is 16.6. The van der Waals surface area contributed by atoms with Gasteiger partial charge in [0, 0.05) is 27.3 Å². The van der Waals surface area contributed by atoms with E-state index in [1.807, 2.05) is 0 Å². The first kappa shape index (κ1) is 14.3. The molecule has 0 heterocycles. The average molecular weight is 254 g/mol. The van der Waals surface area contributed by atoms with E-state index in [0.717, 1.165) is 0 Å². The number of rotatable bonds is 4. The Morgan fingerprint density at radius 3 is 2.84 bits per heavy atom. The van der Waals surface area contributed by atoms with E-state index in [0.29, 0.717) is 22.4 Å². The summed E-state index contributed by atoms with van der Waals surface area (Å²) in [6.07, 6.45) is 3.19. The van der Waals surface area contributed by atoms with Crippen molar-refractivity contribution in [3.63, 3.8) is 0 Å². The van der Waals surface area contributed by atoms with Crippen LogP contribution < -0.4 is 5.73 Å². The molecule has 0 amide bonds. The minimum atomic E-state index is -0.375. The minimum absolute atomic E-state index is 0.209. The van der Waals surface area contributed by atoms with Gasteiger partial charge in [-0.2, -0.15) is 0 Å². The molecule has 0 saturated carbocycles.